The van der Waals surface area contributed by atoms with E-state index >= 15 is 0 Å². The predicted octanol–water partition coefficient (Wildman–Crippen LogP) is 4.04. The van der Waals surface area contributed by atoms with Gasteiger partial charge in [0.25, 0.3) is 0 Å². The standard InChI is InChI=1S/C11H12Cl2F3NO/c1-17-6-7-4-8(12)5-9(13)10(7)18-3-2-11(14,15)16/h4-5,17H,2-3,6H2,1H3. The molecule has 0 saturated heterocycles. The summed E-state index contributed by atoms with van der Waals surface area (Å²) in [7, 11) is 1.70. The zero-order valence-electron chi connectivity index (χ0n) is 9.57. The molecule has 0 unspecified atom stereocenters. The Bertz CT molecular complexity index is 410. The lowest BCUT2D eigenvalue weighted by molar-refractivity contribution is -0.139. The van der Waals surface area contributed by atoms with Crippen molar-refractivity contribution in [3.05, 3.63) is 27.7 Å². The molecule has 0 atom stereocenters. The molecule has 0 saturated carbocycles. The van der Waals surface area contributed by atoms with Crippen molar-refractivity contribution < 1.29 is 17.9 Å². The lowest BCUT2D eigenvalue weighted by atomic mass is 10.2. The van der Waals surface area contributed by atoms with Gasteiger partial charge in [0.05, 0.1) is 18.1 Å². The van der Waals surface area contributed by atoms with E-state index in [9.17, 15) is 13.2 Å². The van der Waals surface area contributed by atoms with Crippen LogP contribution in [0, 0.1) is 0 Å². The minimum atomic E-state index is -4.25. The van der Waals surface area contributed by atoms with Crippen LogP contribution in [0.5, 0.6) is 5.75 Å². The van der Waals surface area contributed by atoms with Crippen LogP contribution in [0.15, 0.2) is 12.1 Å². The summed E-state index contributed by atoms with van der Waals surface area (Å²) in [4.78, 5) is 0. The van der Waals surface area contributed by atoms with Crippen LogP contribution in [-0.2, 0) is 6.54 Å². The second-order valence-electron chi connectivity index (χ2n) is 3.62. The van der Waals surface area contributed by atoms with E-state index in [4.69, 9.17) is 27.9 Å². The molecule has 0 aliphatic heterocycles. The zero-order valence-corrected chi connectivity index (χ0v) is 11.1. The van der Waals surface area contributed by atoms with Gasteiger partial charge in [-0.05, 0) is 19.2 Å². The number of nitrogens with one attached hydrogen (secondary N) is 1. The van der Waals surface area contributed by atoms with Crippen molar-refractivity contribution in [1.29, 1.82) is 0 Å². The van der Waals surface area contributed by atoms with Gasteiger partial charge in [-0.25, -0.2) is 0 Å². The van der Waals surface area contributed by atoms with Gasteiger partial charge < -0.3 is 10.1 Å². The molecule has 2 nitrogen and oxygen atoms in total. The highest BCUT2D eigenvalue weighted by Crippen LogP contribution is 2.33. The largest absolute Gasteiger partial charge is 0.491 e. The van der Waals surface area contributed by atoms with E-state index in [1.54, 1.807) is 13.1 Å². The van der Waals surface area contributed by atoms with Crippen LogP contribution in [0.4, 0.5) is 13.2 Å². The van der Waals surface area contributed by atoms with Gasteiger partial charge >= 0.3 is 6.18 Å². The van der Waals surface area contributed by atoms with Gasteiger partial charge in [0, 0.05) is 17.1 Å². The number of hydrogen-bond donors (Lipinski definition) is 1. The summed E-state index contributed by atoms with van der Waals surface area (Å²) >= 11 is 11.7. The van der Waals surface area contributed by atoms with Crippen LogP contribution in [0.25, 0.3) is 0 Å². The molecular formula is C11H12Cl2F3NO. The van der Waals surface area contributed by atoms with Crippen molar-refractivity contribution in [2.45, 2.75) is 19.1 Å². The van der Waals surface area contributed by atoms with Crippen LogP contribution in [0.3, 0.4) is 0 Å². The van der Waals surface area contributed by atoms with Crippen molar-refractivity contribution in [3.8, 4) is 5.75 Å². The predicted molar refractivity (Wildman–Crippen MR) is 65.4 cm³/mol. The quantitative estimate of drug-likeness (QED) is 0.886. The molecule has 1 aromatic rings. The summed E-state index contributed by atoms with van der Waals surface area (Å²) in [6.07, 6.45) is -5.27. The maximum Gasteiger partial charge on any atom is 0.392 e. The van der Waals surface area contributed by atoms with E-state index in [1.165, 1.54) is 6.07 Å². The number of rotatable bonds is 5. The number of hydrogen-bond acceptors (Lipinski definition) is 2. The molecule has 0 amide bonds. The highest BCUT2D eigenvalue weighted by molar-refractivity contribution is 6.35. The molecule has 7 heteroatoms. The van der Waals surface area contributed by atoms with Crippen molar-refractivity contribution in [1.82, 2.24) is 5.32 Å². The Labute approximate surface area is 113 Å². The van der Waals surface area contributed by atoms with Crippen LogP contribution < -0.4 is 10.1 Å². The fraction of sp³-hybridized carbons (Fsp3) is 0.455. The second-order valence-corrected chi connectivity index (χ2v) is 4.46. The number of ether oxygens (including phenoxy) is 1. The van der Waals surface area contributed by atoms with Gasteiger partial charge in [0.15, 0.2) is 0 Å². The second kappa shape index (κ2) is 6.50. The smallest absolute Gasteiger partial charge is 0.392 e. The van der Waals surface area contributed by atoms with Gasteiger partial charge in [-0.2, -0.15) is 13.2 Å². The molecule has 0 heterocycles. The molecule has 0 aliphatic rings. The molecule has 1 rings (SSSR count). The fourth-order valence-corrected chi connectivity index (χ4v) is 1.96. The molecular weight excluding hydrogens is 290 g/mol. The number of benzene rings is 1. The Kier molecular flexibility index (Phi) is 5.56. The third-order valence-corrected chi connectivity index (χ3v) is 2.58. The lowest BCUT2D eigenvalue weighted by Crippen LogP contribution is -2.14. The molecule has 0 spiro atoms. The summed E-state index contributed by atoms with van der Waals surface area (Å²) in [6.45, 7) is -0.0663. The number of halogens is 5. The van der Waals surface area contributed by atoms with Crippen LogP contribution in [0.1, 0.15) is 12.0 Å². The topological polar surface area (TPSA) is 21.3 Å². The molecule has 18 heavy (non-hydrogen) atoms. The Balaban J connectivity index is 2.80. The zero-order chi connectivity index (χ0) is 13.8. The Hall–Kier alpha value is -0.650. The Morgan fingerprint density at radius 3 is 2.50 bits per heavy atom. The summed E-state index contributed by atoms with van der Waals surface area (Å²) < 4.78 is 41.2. The van der Waals surface area contributed by atoms with Crippen molar-refractivity contribution >= 4 is 23.2 Å². The lowest BCUT2D eigenvalue weighted by Gasteiger charge is -2.14. The summed E-state index contributed by atoms with van der Waals surface area (Å²) in [6, 6.07) is 3.04. The van der Waals surface area contributed by atoms with E-state index in [0.29, 0.717) is 17.1 Å². The first-order valence-corrected chi connectivity index (χ1v) is 5.91. The van der Waals surface area contributed by atoms with Crippen LogP contribution in [-0.4, -0.2) is 19.8 Å². The van der Waals surface area contributed by atoms with Gasteiger partial charge in [0.1, 0.15) is 5.75 Å². The molecule has 102 valence electrons. The Morgan fingerprint density at radius 2 is 1.94 bits per heavy atom. The normalized spacial score (nSPS) is 11.7. The maximum atomic E-state index is 12.0. The van der Waals surface area contributed by atoms with E-state index in [1.807, 2.05) is 0 Å². The van der Waals surface area contributed by atoms with E-state index in [-0.39, 0.29) is 10.8 Å². The van der Waals surface area contributed by atoms with Crippen LogP contribution >= 0.6 is 23.2 Å². The van der Waals surface area contributed by atoms with Crippen molar-refractivity contribution in [2.75, 3.05) is 13.7 Å². The van der Waals surface area contributed by atoms with Gasteiger partial charge in [-0.3, -0.25) is 0 Å². The number of alkyl halides is 3. The average molecular weight is 302 g/mol. The summed E-state index contributed by atoms with van der Waals surface area (Å²) in [5.74, 6) is 0.236. The average Bonchev–Trinajstić information content (AvgIpc) is 2.20. The maximum absolute atomic E-state index is 12.0. The molecule has 0 radical (unpaired) electrons. The molecule has 0 fully saturated rings. The van der Waals surface area contributed by atoms with Gasteiger partial charge in [0.2, 0.25) is 0 Å². The molecule has 0 bridgehead atoms. The van der Waals surface area contributed by atoms with Gasteiger partial charge in [-0.1, -0.05) is 23.2 Å². The highest BCUT2D eigenvalue weighted by Gasteiger charge is 2.27. The first kappa shape index (κ1) is 15.4. The monoisotopic (exact) mass is 301 g/mol. The minimum absolute atomic E-state index is 0.204. The molecule has 1 N–H and O–H groups in total. The van der Waals surface area contributed by atoms with Gasteiger partial charge in [-0.15, -0.1) is 0 Å². The summed E-state index contributed by atoms with van der Waals surface area (Å²) in [5, 5.41) is 3.48. The van der Waals surface area contributed by atoms with E-state index in [0.717, 1.165) is 0 Å². The first-order valence-electron chi connectivity index (χ1n) is 5.15. The third-order valence-electron chi connectivity index (χ3n) is 2.08. The van der Waals surface area contributed by atoms with Crippen molar-refractivity contribution in [2.24, 2.45) is 0 Å². The first-order chi connectivity index (χ1) is 8.33. The van der Waals surface area contributed by atoms with E-state index in [2.05, 4.69) is 5.32 Å². The van der Waals surface area contributed by atoms with Crippen LogP contribution in [0.2, 0.25) is 10.0 Å². The van der Waals surface area contributed by atoms with Crippen molar-refractivity contribution in [3.63, 3.8) is 0 Å². The highest BCUT2D eigenvalue weighted by atomic mass is 35.5. The summed E-state index contributed by atoms with van der Waals surface area (Å²) in [5.41, 5.74) is 0.622. The third kappa shape index (κ3) is 4.92. The minimum Gasteiger partial charge on any atom is -0.491 e. The SMILES string of the molecule is CNCc1cc(Cl)cc(Cl)c1OCCC(F)(F)F. The fourth-order valence-electron chi connectivity index (χ4n) is 1.37. The van der Waals surface area contributed by atoms with E-state index < -0.39 is 19.2 Å². The molecule has 0 aliphatic carbocycles. The molecule has 0 aromatic heterocycles. The Morgan fingerprint density at radius 1 is 1.28 bits per heavy atom. The molecule has 1 aromatic carbocycles.